The molecule has 0 fully saturated rings. The number of hydrogen-bond donors (Lipinski definition) is 1. The first kappa shape index (κ1) is 17.9. The zero-order valence-electron chi connectivity index (χ0n) is 12.7. The van der Waals surface area contributed by atoms with E-state index >= 15 is 0 Å². The van der Waals surface area contributed by atoms with E-state index in [2.05, 4.69) is 15.0 Å². The smallest absolute Gasteiger partial charge is 0.393 e. The molecule has 1 amide bonds. The Balaban J connectivity index is 2.16. The molecular weight excluding hydrogens is 345 g/mol. The Bertz CT molecular complexity index is 777. The van der Waals surface area contributed by atoms with E-state index in [1.54, 1.807) is 0 Å². The number of carbonyl (C=O) groups excluding carboxylic acids is 2. The van der Waals surface area contributed by atoms with Gasteiger partial charge >= 0.3 is 11.9 Å². The summed E-state index contributed by atoms with van der Waals surface area (Å²) < 4.78 is 45.2. The molecule has 0 aliphatic carbocycles. The second-order valence-corrected chi connectivity index (χ2v) is 5.77. The van der Waals surface area contributed by atoms with Crippen LogP contribution in [0.2, 0.25) is 0 Å². The van der Waals surface area contributed by atoms with Gasteiger partial charge in [0.2, 0.25) is 0 Å². The predicted molar refractivity (Wildman–Crippen MR) is 81.7 cm³/mol. The molecule has 1 heterocycles. The van der Waals surface area contributed by atoms with Gasteiger partial charge in [-0.15, -0.1) is 11.3 Å². The molecule has 0 aliphatic rings. The van der Waals surface area contributed by atoms with Gasteiger partial charge in [0.1, 0.15) is 10.7 Å². The van der Waals surface area contributed by atoms with Crippen LogP contribution in [0.5, 0.6) is 0 Å². The van der Waals surface area contributed by atoms with Gasteiger partial charge < -0.3 is 10.1 Å². The van der Waals surface area contributed by atoms with Crippen molar-refractivity contribution in [3.63, 3.8) is 0 Å². The number of benzene rings is 1. The summed E-state index contributed by atoms with van der Waals surface area (Å²) >= 11 is 0.381. The molecule has 5 nitrogen and oxygen atoms in total. The number of nitrogens with zero attached hydrogens (tertiary/aromatic N) is 1. The average molecular weight is 358 g/mol. The monoisotopic (exact) mass is 358 g/mol. The molecule has 0 radical (unpaired) electrons. The molecule has 9 heteroatoms. The minimum absolute atomic E-state index is 0.115. The highest BCUT2D eigenvalue weighted by Crippen LogP contribution is 2.33. The molecule has 0 atom stereocenters. The van der Waals surface area contributed by atoms with Crippen LogP contribution in [0.3, 0.4) is 0 Å². The summed E-state index contributed by atoms with van der Waals surface area (Å²) in [5.41, 5.74) is 0.637. The van der Waals surface area contributed by atoms with Crippen molar-refractivity contribution in [2.45, 2.75) is 19.8 Å². The second-order valence-electron chi connectivity index (χ2n) is 4.74. The van der Waals surface area contributed by atoms with E-state index < -0.39 is 28.6 Å². The lowest BCUT2D eigenvalue weighted by atomic mass is 10.2. The second kappa shape index (κ2) is 7.00. The van der Waals surface area contributed by atoms with Crippen LogP contribution in [0.25, 0.3) is 0 Å². The number of aryl methyl sites for hydroxylation is 1. The Hall–Kier alpha value is -2.42. The van der Waals surface area contributed by atoms with E-state index in [-0.39, 0.29) is 11.5 Å². The van der Waals surface area contributed by atoms with Crippen molar-refractivity contribution in [3.05, 3.63) is 45.7 Å². The summed E-state index contributed by atoms with van der Waals surface area (Å²) in [5, 5.41) is 1.62. The van der Waals surface area contributed by atoms with Crippen molar-refractivity contribution in [2.24, 2.45) is 0 Å². The fourth-order valence-electron chi connectivity index (χ4n) is 1.75. The lowest BCUT2D eigenvalue weighted by Crippen LogP contribution is -2.28. The van der Waals surface area contributed by atoms with Crippen LogP contribution in [0.15, 0.2) is 24.4 Å². The molecule has 0 unspecified atom stereocenters. The number of rotatable bonds is 5. The highest BCUT2D eigenvalue weighted by molar-refractivity contribution is 7.14. The van der Waals surface area contributed by atoms with Crippen LogP contribution < -0.4 is 5.32 Å². The van der Waals surface area contributed by atoms with Gasteiger partial charge in [-0.3, -0.25) is 4.79 Å². The first-order chi connectivity index (χ1) is 11.3. The number of hydrogen-bond acceptors (Lipinski definition) is 5. The standard InChI is InChI=1S/C15H13F3N2O3S/c1-3-23-14(22)15(17,18)13-19-7-11(24-13)12(21)20-9-4-5-10(16)8(2)6-9/h4-7H,3H2,1-2H3,(H,20,21). The molecule has 0 saturated heterocycles. The zero-order valence-corrected chi connectivity index (χ0v) is 13.5. The zero-order chi connectivity index (χ0) is 17.9. The van der Waals surface area contributed by atoms with Gasteiger partial charge in [-0.2, -0.15) is 8.78 Å². The Morgan fingerprint density at radius 3 is 2.71 bits per heavy atom. The molecule has 24 heavy (non-hydrogen) atoms. The molecule has 0 aliphatic heterocycles. The van der Waals surface area contributed by atoms with Crippen molar-refractivity contribution in [3.8, 4) is 0 Å². The molecule has 0 saturated carbocycles. The fourth-order valence-corrected chi connectivity index (χ4v) is 2.52. The average Bonchev–Trinajstić information content (AvgIpc) is 3.02. The van der Waals surface area contributed by atoms with Crippen molar-refractivity contribution in [1.29, 1.82) is 0 Å². The van der Waals surface area contributed by atoms with Gasteiger partial charge in [0.15, 0.2) is 5.01 Å². The summed E-state index contributed by atoms with van der Waals surface area (Å²) in [6, 6.07) is 3.93. The van der Waals surface area contributed by atoms with E-state index in [4.69, 9.17) is 0 Å². The summed E-state index contributed by atoms with van der Waals surface area (Å²) in [7, 11) is 0. The largest absolute Gasteiger partial charge is 0.461 e. The normalized spacial score (nSPS) is 11.2. The van der Waals surface area contributed by atoms with E-state index in [0.717, 1.165) is 6.20 Å². The number of halogens is 3. The topological polar surface area (TPSA) is 68.3 Å². The summed E-state index contributed by atoms with van der Waals surface area (Å²) in [4.78, 5) is 26.6. The third-order valence-corrected chi connectivity index (χ3v) is 4.01. The summed E-state index contributed by atoms with van der Waals surface area (Å²) in [6.07, 6.45) is 0.943. The number of thiazole rings is 1. The molecule has 1 aromatic heterocycles. The molecule has 0 spiro atoms. The van der Waals surface area contributed by atoms with Crippen molar-refractivity contribution in [2.75, 3.05) is 11.9 Å². The Labute approximate surface area is 139 Å². The third-order valence-electron chi connectivity index (χ3n) is 2.95. The fraction of sp³-hybridized carbons (Fsp3) is 0.267. The van der Waals surface area contributed by atoms with Gasteiger partial charge in [-0.25, -0.2) is 14.2 Å². The molecule has 0 bridgehead atoms. The number of alkyl halides is 2. The molecule has 1 N–H and O–H groups in total. The molecule has 128 valence electrons. The number of nitrogens with one attached hydrogen (secondary N) is 1. The number of anilines is 1. The van der Waals surface area contributed by atoms with Gasteiger partial charge in [0.25, 0.3) is 5.91 Å². The quantitative estimate of drug-likeness (QED) is 0.831. The molecule has 2 aromatic rings. The highest BCUT2D eigenvalue weighted by atomic mass is 32.1. The third kappa shape index (κ3) is 3.73. The summed E-state index contributed by atoms with van der Waals surface area (Å²) in [5.74, 6) is -6.77. The first-order valence-electron chi connectivity index (χ1n) is 6.84. The number of aromatic nitrogens is 1. The number of ether oxygens (including phenoxy) is 1. The van der Waals surface area contributed by atoms with Crippen molar-refractivity contribution < 1.29 is 27.5 Å². The van der Waals surface area contributed by atoms with Gasteiger partial charge in [-0.1, -0.05) is 0 Å². The molecule has 2 rings (SSSR count). The lowest BCUT2D eigenvalue weighted by molar-refractivity contribution is -0.173. The molecular formula is C15H13F3N2O3S. The van der Waals surface area contributed by atoms with Crippen LogP contribution in [0, 0.1) is 12.7 Å². The number of carbonyl (C=O) groups is 2. The maximum Gasteiger partial charge on any atom is 0.393 e. The van der Waals surface area contributed by atoms with E-state index in [0.29, 0.717) is 22.6 Å². The van der Waals surface area contributed by atoms with Gasteiger partial charge in [0, 0.05) is 5.69 Å². The van der Waals surface area contributed by atoms with Crippen LogP contribution in [-0.2, 0) is 15.5 Å². The highest BCUT2D eigenvalue weighted by Gasteiger charge is 2.46. The van der Waals surface area contributed by atoms with Crippen LogP contribution in [-0.4, -0.2) is 23.5 Å². The van der Waals surface area contributed by atoms with Crippen LogP contribution in [0.1, 0.15) is 27.2 Å². The minimum Gasteiger partial charge on any atom is -0.461 e. The lowest BCUT2D eigenvalue weighted by Gasteiger charge is -2.11. The Morgan fingerprint density at radius 2 is 2.08 bits per heavy atom. The maximum atomic E-state index is 13.8. The first-order valence-corrected chi connectivity index (χ1v) is 7.66. The SMILES string of the molecule is CCOC(=O)C(F)(F)c1ncc(C(=O)Nc2ccc(F)c(C)c2)s1. The van der Waals surface area contributed by atoms with E-state index in [9.17, 15) is 22.8 Å². The van der Waals surface area contributed by atoms with Gasteiger partial charge in [0.05, 0.1) is 12.8 Å². The van der Waals surface area contributed by atoms with Crippen molar-refractivity contribution in [1.82, 2.24) is 4.98 Å². The van der Waals surface area contributed by atoms with E-state index in [1.165, 1.54) is 32.0 Å². The minimum atomic E-state index is -3.92. The number of esters is 1. The Kier molecular flexibility index (Phi) is 5.23. The summed E-state index contributed by atoms with van der Waals surface area (Å²) in [6.45, 7) is 2.73. The van der Waals surface area contributed by atoms with Crippen molar-refractivity contribution >= 4 is 28.9 Å². The molecule has 1 aromatic carbocycles. The van der Waals surface area contributed by atoms with Gasteiger partial charge in [-0.05, 0) is 37.6 Å². The number of amides is 1. The maximum absolute atomic E-state index is 13.8. The Morgan fingerprint density at radius 1 is 1.38 bits per heavy atom. The van der Waals surface area contributed by atoms with Crippen LogP contribution in [0.4, 0.5) is 18.9 Å². The van der Waals surface area contributed by atoms with E-state index in [1.807, 2.05) is 0 Å². The van der Waals surface area contributed by atoms with Crippen LogP contribution >= 0.6 is 11.3 Å². The predicted octanol–water partition coefficient (Wildman–Crippen LogP) is 3.50.